The molecule has 5 aliphatic rings. The first kappa shape index (κ1) is 15.4. The average molecular weight is 316 g/mol. The van der Waals surface area contributed by atoms with E-state index in [-0.39, 0.29) is 17.2 Å². The lowest BCUT2D eigenvalue weighted by Gasteiger charge is -2.55. The number of carbonyl (C=O) groups excluding carboxylic acids is 2. The van der Waals surface area contributed by atoms with Gasteiger partial charge in [0, 0.05) is 6.42 Å². The van der Waals surface area contributed by atoms with Gasteiger partial charge in [0.1, 0.15) is 0 Å². The van der Waals surface area contributed by atoms with Crippen LogP contribution in [-0.4, -0.2) is 17.4 Å². The second kappa shape index (κ2) is 5.19. The summed E-state index contributed by atoms with van der Waals surface area (Å²) in [6, 6.07) is 0. The van der Waals surface area contributed by atoms with Gasteiger partial charge in [0.05, 0.1) is 5.41 Å². The fourth-order valence-electron chi connectivity index (χ4n) is 6.07. The third kappa shape index (κ3) is 2.47. The predicted molar refractivity (Wildman–Crippen MR) is 87.7 cm³/mol. The first-order chi connectivity index (χ1) is 10.9. The van der Waals surface area contributed by atoms with Crippen LogP contribution in [0.4, 0.5) is 0 Å². The van der Waals surface area contributed by atoms with Crippen molar-refractivity contribution in [3.8, 4) is 0 Å². The molecule has 126 valence electrons. The Morgan fingerprint density at radius 2 is 1.65 bits per heavy atom. The lowest BCUT2D eigenvalue weighted by atomic mass is 9.49. The van der Waals surface area contributed by atoms with E-state index in [9.17, 15) is 9.59 Å². The maximum absolute atomic E-state index is 13.2. The molecule has 0 saturated heterocycles. The monoisotopic (exact) mass is 316 g/mol. The molecule has 0 aromatic heterocycles. The summed E-state index contributed by atoms with van der Waals surface area (Å²) in [5.74, 6) is 2.11. The van der Waals surface area contributed by atoms with Crippen molar-refractivity contribution < 1.29 is 14.3 Å². The normalized spacial score (nSPS) is 44.8. The summed E-state index contributed by atoms with van der Waals surface area (Å²) in [5, 5.41) is 0. The number of ether oxygens (including phenoxy) is 1. The van der Waals surface area contributed by atoms with Crippen molar-refractivity contribution in [2.75, 3.05) is 0 Å². The van der Waals surface area contributed by atoms with Crippen LogP contribution in [0.15, 0.2) is 11.6 Å². The summed E-state index contributed by atoms with van der Waals surface area (Å²) in [7, 11) is 0. The quantitative estimate of drug-likeness (QED) is 0.579. The highest BCUT2D eigenvalue weighted by molar-refractivity contribution is 5.89. The molecular formula is C20H28O3. The Labute approximate surface area is 138 Å². The number of carbonyl (C=O) groups is 2. The van der Waals surface area contributed by atoms with Crippen LogP contribution in [0.3, 0.4) is 0 Å². The van der Waals surface area contributed by atoms with Crippen molar-refractivity contribution in [3.05, 3.63) is 11.6 Å². The van der Waals surface area contributed by atoms with Crippen LogP contribution in [0.1, 0.15) is 71.6 Å². The van der Waals surface area contributed by atoms with Gasteiger partial charge < -0.3 is 4.74 Å². The molecule has 0 N–H and O–H groups in total. The van der Waals surface area contributed by atoms with E-state index in [1.165, 1.54) is 24.8 Å². The molecule has 3 nitrogen and oxygen atoms in total. The average Bonchev–Trinajstić information content (AvgIpc) is 2.48. The largest absolute Gasteiger partial charge is 0.450 e. The van der Waals surface area contributed by atoms with Crippen molar-refractivity contribution >= 4 is 11.8 Å². The molecule has 3 heteroatoms. The van der Waals surface area contributed by atoms with Gasteiger partial charge in [0.25, 0.3) is 0 Å². The minimum atomic E-state index is -0.889. The number of esters is 1. The SMILES string of the molecule is CC(=O)C1(OC(=O)C23CC4CC(CC(C4)C2)C3)CC=C(C)CC1. The van der Waals surface area contributed by atoms with E-state index in [1.807, 2.05) is 0 Å². The topological polar surface area (TPSA) is 43.4 Å². The number of Topliss-reactive ketones (excluding diaryl/α,β-unsaturated/α-hetero) is 1. The molecule has 0 radical (unpaired) electrons. The number of ketones is 1. The second-order valence-corrected chi connectivity index (χ2v) is 8.89. The number of rotatable bonds is 3. The standard InChI is InChI=1S/C20H28O3/c1-13-3-5-20(6-4-13,14(2)21)23-18(22)19-10-15-7-16(11-19)9-17(8-15)12-19/h3,15-17H,4-12H2,1-2H3. The van der Waals surface area contributed by atoms with Crippen LogP contribution in [0, 0.1) is 23.2 Å². The van der Waals surface area contributed by atoms with Gasteiger partial charge in [0.2, 0.25) is 0 Å². The van der Waals surface area contributed by atoms with Gasteiger partial charge in [0.15, 0.2) is 11.4 Å². The summed E-state index contributed by atoms with van der Waals surface area (Å²) in [6.07, 6.45) is 11.1. The Hall–Kier alpha value is -1.12. The predicted octanol–water partition coefficient (Wildman–Crippen LogP) is 4.20. The van der Waals surface area contributed by atoms with Crippen molar-refractivity contribution in [1.82, 2.24) is 0 Å². The molecule has 0 aromatic rings. The highest BCUT2D eigenvalue weighted by Crippen LogP contribution is 2.60. The van der Waals surface area contributed by atoms with Gasteiger partial charge in [-0.2, -0.15) is 0 Å². The Morgan fingerprint density at radius 3 is 2.09 bits per heavy atom. The maximum atomic E-state index is 13.2. The third-order valence-electron chi connectivity index (χ3n) is 7.10. The molecule has 5 rings (SSSR count). The first-order valence-corrected chi connectivity index (χ1v) is 9.31. The van der Waals surface area contributed by atoms with E-state index in [4.69, 9.17) is 4.74 Å². The molecule has 0 spiro atoms. The Kier molecular flexibility index (Phi) is 3.48. The number of allylic oxidation sites excluding steroid dienone is 1. The molecule has 23 heavy (non-hydrogen) atoms. The molecule has 0 aliphatic heterocycles. The van der Waals surface area contributed by atoms with Gasteiger partial charge in [-0.3, -0.25) is 9.59 Å². The Balaban J connectivity index is 1.56. The van der Waals surface area contributed by atoms with Gasteiger partial charge in [-0.1, -0.05) is 11.6 Å². The second-order valence-electron chi connectivity index (χ2n) is 8.89. The van der Waals surface area contributed by atoms with E-state index in [0.29, 0.717) is 12.8 Å². The Bertz CT molecular complexity index is 538. The summed E-state index contributed by atoms with van der Waals surface area (Å²) in [5.41, 5.74) is 0.139. The highest BCUT2D eigenvalue weighted by Gasteiger charge is 2.57. The fraction of sp³-hybridized carbons (Fsp3) is 0.800. The lowest BCUT2D eigenvalue weighted by Crippen LogP contribution is -2.54. The minimum Gasteiger partial charge on any atom is -0.450 e. The van der Waals surface area contributed by atoms with Crippen molar-refractivity contribution in [2.24, 2.45) is 23.2 Å². The molecule has 5 aliphatic carbocycles. The number of hydrogen-bond acceptors (Lipinski definition) is 3. The summed E-state index contributed by atoms with van der Waals surface area (Å²) >= 11 is 0. The van der Waals surface area contributed by atoms with Crippen LogP contribution < -0.4 is 0 Å². The fourth-order valence-corrected chi connectivity index (χ4v) is 6.07. The van der Waals surface area contributed by atoms with Crippen LogP contribution in [0.2, 0.25) is 0 Å². The van der Waals surface area contributed by atoms with E-state index < -0.39 is 5.60 Å². The molecule has 4 fully saturated rings. The first-order valence-electron chi connectivity index (χ1n) is 9.31. The molecule has 1 atom stereocenters. The smallest absolute Gasteiger partial charge is 0.313 e. The van der Waals surface area contributed by atoms with E-state index in [1.54, 1.807) is 6.92 Å². The molecule has 1 unspecified atom stereocenters. The molecule has 0 amide bonds. The van der Waals surface area contributed by atoms with Gasteiger partial charge in [-0.15, -0.1) is 0 Å². The zero-order chi connectivity index (χ0) is 16.2. The molecular weight excluding hydrogens is 288 g/mol. The third-order valence-corrected chi connectivity index (χ3v) is 7.10. The summed E-state index contributed by atoms with van der Waals surface area (Å²) in [4.78, 5) is 25.4. The van der Waals surface area contributed by atoms with Crippen LogP contribution in [0.5, 0.6) is 0 Å². The number of hydrogen-bond donors (Lipinski definition) is 0. The molecule has 4 bridgehead atoms. The minimum absolute atomic E-state index is 0.0133. The van der Waals surface area contributed by atoms with Crippen molar-refractivity contribution in [3.63, 3.8) is 0 Å². The van der Waals surface area contributed by atoms with Crippen molar-refractivity contribution in [2.45, 2.75) is 77.2 Å². The summed E-state index contributed by atoms with van der Waals surface area (Å²) < 4.78 is 6.04. The molecule has 4 saturated carbocycles. The van der Waals surface area contributed by atoms with E-state index in [0.717, 1.165) is 43.4 Å². The van der Waals surface area contributed by atoms with Gasteiger partial charge in [-0.25, -0.2) is 0 Å². The van der Waals surface area contributed by atoms with Crippen molar-refractivity contribution in [1.29, 1.82) is 0 Å². The Morgan fingerprint density at radius 1 is 1.09 bits per heavy atom. The van der Waals surface area contributed by atoms with E-state index >= 15 is 0 Å². The van der Waals surface area contributed by atoms with E-state index in [2.05, 4.69) is 13.0 Å². The maximum Gasteiger partial charge on any atom is 0.313 e. The lowest BCUT2D eigenvalue weighted by molar-refractivity contribution is -0.190. The van der Waals surface area contributed by atoms with Gasteiger partial charge >= 0.3 is 5.97 Å². The van der Waals surface area contributed by atoms with Crippen LogP contribution in [-0.2, 0) is 14.3 Å². The highest BCUT2D eigenvalue weighted by atomic mass is 16.6. The summed E-state index contributed by atoms with van der Waals surface area (Å²) in [6.45, 7) is 3.67. The zero-order valence-electron chi connectivity index (χ0n) is 14.4. The zero-order valence-corrected chi connectivity index (χ0v) is 14.4. The molecule has 0 heterocycles. The molecule has 0 aromatic carbocycles. The van der Waals surface area contributed by atoms with Crippen LogP contribution >= 0.6 is 0 Å². The van der Waals surface area contributed by atoms with Gasteiger partial charge in [-0.05, 0) is 83.0 Å². The van der Waals surface area contributed by atoms with Crippen LogP contribution in [0.25, 0.3) is 0 Å².